The van der Waals surface area contributed by atoms with Crippen LogP contribution in [0.4, 0.5) is 8.78 Å². The minimum absolute atomic E-state index is 0.0144. The second kappa shape index (κ2) is 4.69. The molecular weight excluding hydrogens is 264 g/mol. The maximum atomic E-state index is 12.8. The van der Waals surface area contributed by atoms with Crippen LogP contribution in [0, 0.1) is 11.6 Å². The minimum atomic E-state index is -1.51. The molecule has 0 saturated heterocycles. The third-order valence-electron chi connectivity index (χ3n) is 1.68. The lowest BCUT2D eigenvalue weighted by Crippen LogP contribution is -2.03. The molecule has 0 nitrogen and oxygen atoms in total. The first kappa shape index (κ1) is 12.8. The summed E-state index contributed by atoms with van der Waals surface area (Å²) in [4.78, 5) is 0. The summed E-state index contributed by atoms with van der Waals surface area (Å²) in [6, 6.07) is 3.05. The number of alkyl halides is 3. The maximum absolute atomic E-state index is 12.8. The molecular formula is C10H7Cl3F2. The first-order chi connectivity index (χ1) is 6.78. The van der Waals surface area contributed by atoms with Gasteiger partial charge in [0.15, 0.2) is 3.79 Å². The molecule has 0 spiro atoms. The van der Waals surface area contributed by atoms with Crippen LogP contribution < -0.4 is 0 Å². The molecule has 0 unspecified atom stereocenters. The number of halogens is 5. The zero-order valence-corrected chi connectivity index (χ0v) is 9.80. The second-order valence-electron chi connectivity index (χ2n) is 3.05. The van der Waals surface area contributed by atoms with Crippen molar-refractivity contribution in [3.8, 4) is 0 Å². The van der Waals surface area contributed by atoms with Crippen LogP contribution in [0.5, 0.6) is 0 Å². The summed E-state index contributed by atoms with van der Waals surface area (Å²) in [6.07, 6.45) is 0.0144. The lowest BCUT2D eigenvalue weighted by molar-refractivity contribution is 0.582. The van der Waals surface area contributed by atoms with Gasteiger partial charge in [-0.15, -0.1) is 0 Å². The van der Waals surface area contributed by atoms with Gasteiger partial charge < -0.3 is 0 Å². The Kier molecular flexibility index (Phi) is 3.99. The van der Waals surface area contributed by atoms with Crippen LogP contribution in [-0.2, 0) is 0 Å². The van der Waals surface area contributed by atoms with Gasteiger partial charge in [0, 0.05) is 12.5 Å². The Morgan fingerprint density at radius 1 is 1.13 bits per heavy atom. The second-order valence-corrected chi connectivity index (χ2v) is 5.57. The van der Waals surface area contributed by atoms with Gasteiger partial charge in [-0.1, -0.05) is 41.4 Å². The fourth-order valence-corrected chi connectivity index (χ4v) is 1.59. The Balaban J connectivity index is 2.92. The van der Waals surface area contributed by atoms with Crippen molar-refractivity contribution in [2.45, 2.75) is 10.2 Å². The average molecular weight is 272 g/mol. The van der Waals surface area contributed by atoms with E-state index in [4.69, 9.17) is 34.8 Å². The third-order valence-corrected chi connectivity index (χ3v) is 2.09. The van der Waals surface area contributed by atoms with Crippen molar-refractivity contribution in [2.24, 2.45) is 0 Å². The molecule has 5 heteroatoms. The smallest absolute Gasteiger partial charge is 0.194 e. The van der Waals surface area contributed by atoms with E-state index in [9.17, 15) is 8.78 Å². The van der Waals surface area contributed by atoms with E-state index in [2.05, 4.69) is 6.58 Å². The Morgan fingerprint density at radius 3 is 2.00 bits per heavy atom. The molecule has 0 aliphatic carbocycles. The van der Waals surface area contributed by atoms with E-state index >= 15 is 0 Å². The average Bonchev–Trinajstić information content (AvgIpc) is 1.98. The van der Waals surface area contributed by atoms with E-state index in [0.717, 1.165) is 18.2 Å². The highest BCUT2D eigenvalue weighted by molar-refractivity contribution is 6.67. The van der Waals surface area contributed by atoms with Crippen molar-refractivity contribution in [2.75, 3.05) is 0 Å². The lowest BCUT2D eigenvalue weighted by atomic mass is 10.1. The normalized spacial score (nSPS) is 11.5. The number of rotatable bonds is 2. The van der Waals surface area contributed by atoms with Crippen LogP contribution in [0.2, 0.25) is 0 Å². The quantitative estimate of drug-likeness (QED) is 0.682. The first-order valence-electron chi connectivity index (χ1n) is 3.99. The molecule has 82 valence electrons. The van der Waals surface area contributed by atoms with Crippen molar-refractivity contribution >= 4 is 40.4 Å². The molecule has 0 fully saturated rings. The minimum Gasteiger partial charge on any atom is -0.207 e. The molecule has 0 saturated carbocycles. The lowest BCUT2D eigenvalue weighted by Gasteiger charge is -2.13. The molecule has 1 aromatic carbocycles. The molecule has 0 aliphatic heterocycles. The van der Waals surface area contributed by atoms with Gasteiger partial charge in [-0.25, -0.2) is 8.78 Å². The van der Waals surface area contributed by atoms with Crippen molar-refractivity contribution in [1.29, 1.82) is 0 Å². The third kappa shape index (κ3) is 4.37. The first-order valence-corrected chi connectivity index (χ1v) is 5.12. The van der Waals surface area contributed by atoms with Crippen LogP contribution in [0.15, 0.2) is 24.8 Å². The maximum Gasteiger partial charge on any atom is 0.194 e. The molecule has 0 atom stereocenters. The molecule has 0 aliphatic rings. The standard InChI is InChI=1S/C10H7Cl3F2/c1-6(5-10(11,12)13)7-2-8(14)4-9(15)3-7/h2-4H,1,5H2. The Hall–Kier alpha value is -0.310. The van der Waals surface area contributed by atoms with E-state index in [1.165, 1.54) is 0 Å². The fraction of sp³-hybridized carbons (Fsp3) is 0.200. The van der Waals surface area contributed by atoms with E-state index in [1.54, 1.807) is 0 Å². The highest BCUT2D eigenvalue weighted by Gasteiger charge is 2.21. The summed E-state index contributed by atoms with van der Waals surface area (Å²) in [5.41, 5.74) is 0.659. The Labute approximate surface area is 101 Å². The summed E-state index contributed by atoms with van der Waals surface area (Å²) >= 11 is 16.6. The molecule has 0 bridgehead atoms. The van der Waals surface area contributed by atoms with E-state index in [0.29, 0.717) is 11.1 Å². The van der Waals surface area contributed by atoms with Crippen LogP contribution in [-0.4, -0.2) is 3.79 Å². The van der Waals surface area contributed by atoms with Gasteiger partial charge in [0.1, 0.15) is 11.6 Å². The largest absolute Gasteiger partial charge is 0.207 e. The highest BCUT2D eigenvalue weighted by Crippen LogP contribution is 2.36. The molecule has 1 aromatic rings. The van der Waals surface area contributed by atoms with E-state index in [-0.39, 0.29) is 6.42 Å². The summed E-state index contributed by atoms with van der Waals surface area (Å²) < 4.78 is 24.2. The van der Waals surface area contributed by atoms with E-state index in [1.807, 2.05) is 0 Å². The van der Waals surface area contributed by atoms with Gasteiger partial charge in [-0.05, 0) is 23.3 Å². The number of allylic oxidation sites excluding steroid dienone is 1. The van der Waals surface area contributed by atoms with Gasteiger partial charge in [0.25, 0.3) is 0 Å². The van der Waals surface area contributed by atoms with E-state index < -0.39 is 15.4 Å². The number of hydrogen-bond donors (Lipinski definition) is 0. The molecule has 0 radical (unpaired) electrons. The molecule has 15 heavy (non-hydrogen) atoms. The van der Waals surface area contributed by atoms with Gasteiger partial charge in [-0.3, -0.25) is 0 Å². The van der Waals surface area contributed by atoms with Gasteiger partial charge >= 0.3 is 0 Å². The van der Waals surface area contributed by atoms with Crippen LogP contribution in [0.25, 0.3) is 5.57 Å². The molecule has 0 amide bonds. The monoisotopic (exact) mass is 270 g/mol. The summed E-state index contributed by atoms with van der Waals surface area (Å²) in [7, 11) is 0. The zero-order chi connectivity index (χ0) is 11.6. The Morgan fingerprint density at radius 2 is 1.60 bits per heavy atom. The molecule has 0 N–H and O–H groups in total. The fourth-order valence-electron chi connectivity index (χ4n) is 1.10. The number of benzene rings is 1. The summed E-state index contributed by atoms with van der Waals surface area (Å²) in [6.45, 7) is 3.61. The van der Waals surface area contributed by atoms with Gasteiger partial charge in [0.2, 0.25) is 0 Å². The van der Waals surface area contributed by atoms with Crippen LogP contribution in [0.1, 0.15) is 12.0 Å². The predicted molar refractivity (Wildman–Crippen MR) is 60.3 cm³/mol. The van der Waals surface area contributed by atoms with Gasteiger partial charge in [-0.2, -0.15) is 0 Å². The Bertz CT molecular complexity index is 362. The van der Waals surface area contributed by atoms with Crippen LogP contribution >= 0.6 is 34.8 Å². The van der Waals surface area contributed by atoms with Crippen molar-refractivity contribution in [3.63, 3.8) is 0 Å². The SMILES string of the molecule is C=C(CC(Cl)(Cl)Cl)c1cc(F)cc(F)c1. The van der Waals surface area contributed by atoms with Crippen molar-refractivity contribution in [3.05, 3.63) is 42.0 Å². The topological polar surface area (TPSA) is 0 Å². The van der Waals surface area contributed by atoms with Crippen molar-refractivity contribution in [1.82, 2.24) is 0 Å². The zero-order valence-electron chi connectivity index (χ0n) is 7.54. The highest BCUT2D eigenvalue weighted by atomic mass is 35.6. The molecule has 0 aromatic heterocycles. The molecule has 0 heterocycles. The van der Waals surface area contributed by atoms with Crippen molar-refractivity contribution < 1.29 is 8.78 Å². The van der Waals surface area contributed by atoms with Crippen LogP contribution in [0.3, 0.4) is 0 Å². The summed E-state index contributed by atoms with van der Waals surface area (Å²) in [5, 5.41) is 0. The predicted octanol–water partition coefficient (Wildman–Crippen LogP) is 4.74. The summed E-state index contributed by atoms with van der Waals surface area (Å²) in [5.74, 6) is -1.37. The van der Waals surface area contributed by atoms with Gasteiger partial charge in [0.05, 0.1) is 0 Å². The molecule has 1 rings (SSSR count). The number of hydrogen-bond acceptors (Lipinski definition) is 0.